The Kier molecular flexibility index (Phi) is 5.30. The summed E-state index contributed by atoms with van der Waals surface area (Å²) in [6.07, 6.45) is 5.66. The van der Waals surface area contributed by atoms with Crippen molar-refractivity contribution in [1.29, 1.82) is 0 Å². The molecule has 0 saturated heterocycles. The lowest BCUT2D eigenvalue weighted by molar-refractivity contribution is -0.122. The van der Waals surface area contributed by atoms with Gasteiger partial charge in [-0.25, -0.2) is 17.5 Å². The van der Waals surface area contributed by atoms with Gasteiger partial charge in [-0.1, -0.05) is 48.8 Å². The zero-order valence-electron chi connectivity index (χ0n) is 17.1. The Morgan fingerprint density at radius 2 is 1.84 bits per heavy atom. The van der Waals surface area contributed by atoms with Gasteiger partial charge in [0.25, 0.3) is 10.0 Å². The fourth-order valence-corrected chi connectivity index (χ4v) is 6.61. The monoisotopic (exact) mass is 468 g/mol. The summed E-state index contributed by atoms with van der Waals surface area (Å²) >= 11 is 0.873. The number of anilines is 1. The fourth-order valence-electron chi connectivity index (χ4n) is 4.27. The number of benzene rings is 2. The molecule has 0 radical (unpaired) electrons. The average molecular weight is 469 g/mol. The lowest BCUT2D eigenvalue weighted by atomic mass is 9.88. The quantitative estimate of drug-likeness (QED) is 0.430. The first-order chi connectivity index (χ1) is 15.4. The predicted molar refractivity (Wildman–Crippen MR) is 123 cm³/mol. The number of para-hydroxylation sites is 1. The number of amides is 1. The second-order valence-corrected chi connectivity index (χ2v) is 10.6. The summed E-state index contributed by atoms with van der Waals surface area (Å²) in [5.74, 6) is -0.826. The SMILES string of the molecule is O=C(C1CCCCC1)N(c1ccc2oc(=O)sc2c1)S(=O)(=O)c1cccc2cccnc12. The van der Waals surface area contributed by atoms with E-state index in [9.17, 15) is 18.0 Å². The maximum absolute atomic E-state index is 14.0. The molecule has 1 aliphatic carbocycles. The average Bonchev–Trinajstić information content (AvgIpc) is 3.18. The van der Waals surface area contributed by atoms with Crippen LogP contribution in [0.5, 0.6) is 0 Å². The van der Waals surface area contributed by atoms with Gasteiger partial charge in [-0.2, -0.15) is 0 Å². The van der Waals surface area contributed by atoms with Gasteiger partial charge < -0.3 is 4.42 Å². The minimum atomic E-state index is -4.27. The van der Waals surface area contributed by atoms with Crippen molar-refractivity contribution in [2.45, 2.75) is 37.0 Å². The zero-order valence-corrected chi connectivity index (χ0v) is 18.7. The van der Waals surface area contributed by atoms with Crippen molar-refractivity contribution in [2.24, 2.45) is 5.92 Å². The molecule has 4 aromatic rings. The highest BCUT2D eigenvalue weighted by Gasteiger charge is 2.37. The number of fused-ring (bicyclic) bond motifs is 2. The third-order valence-electron chi connectivity index (χ3n) is 5.82. The number of nitrogens with zero attached hydrogens (tertiary/aromatic N) is 2. The third-order valence-corrected chi connectivity index (χ3v) is 8.36. The molecule has 32 heavy (non-hydrogen) atoms. The number of sulfonamides is 1. The van der Waals surface area contributed by atoms with Crippen LogP contribution in [-0.2, 0) is 14.8 Å². The summed E-state index contributed by atoms with van der Waals surface area (Å²) in [6.45, 7) is 0. The van der Waals surface area contributed by atoms with Crippen molar-refractivity contribution >= 4 is 54.1 Å². The molecule has 0 spiro atoms. The Morgan fingerprint density at radius 3 is 2.66 bits per heavy atom. The normalized spacial score (nSPS) is 15.2. The van der Waals surface area contributed by atoms with E-state index in [-0.39, 0.29) is 16.5 Å². The molecule has 2 aromatic carbocycles. The molecule has 1 amide bonds. The van der Waals surface area contributed by atoms with E-state index < -0.39 is 20.9 Å². The number of hydrogen-bond donors (Lipinski definition) is 0. The van der Waals surface area contributed by atoms with Gasteiger partial charge in [-0.3, -0.25) is 9.78 Å². The smallest absolute Gasteiger partial charge is 0.396 e. The summed E-state index contributed by atoms with van der Waals surface area (Å²) in [7, 11) is -4.27. The second kappa shape index (κ2) is 8.14. The zero-order chi connectivity index (χ0) is 22.3. The van der Waals surface area contributed by atoms with Crippen LogP contribution in [0.1, 0.15) is 32.1 Å². The summed E-state index contributed by atoms with van der Waals surface area (Å²) in [6, 6.07) is 13.0. The first-order valence-corrected chi connectivity index (χ1v) is 12.7. The predicted octanol–water partition coefficient (Wildman–Crippen LogP) is 4.70. The lowest BCUT2D eigenvalue weighted by Crippen LogP contribution is -2.41. The summed E-state index contributed by atoms with van der Waals surface area (Å²) in [4.78, 5) is 29.1. The summed E-state index contributed by atoms with van der Waals surface area (Å²) in [5, 5.41) is 0.669. The van der Waals surface area contributed by atoms with E-state index in [0.29, 0.717) is 34.0 Å². The van der Waals surface area contributed by atoms with Crippen LogP contribution in [-0.4, -0.2) is 19.3 Å². The standard InChI is InChI=1S/C23H20N2O5S2/c26-22(16-6-2-1-3-7-16)25(17-11-12-18-19(14-17)31-23(27)30-18)32(28,29)20-10-4-8-15-9-5-13-24-21(15)20/h4-5,8-14,16H,1-3,6-7H2. The van der Waals surface area contributed by atoms with E-state index in [1.54, 1.807) is 24.3 Å². The number of hydrogen-bond acceptors (Lipinski definition) is 7. The molecular weight excluding hydrogens is 448 g/mol. The van der Waals surface area contributed by atoms with Gasteiger partial charge in [0.15, 0.2) is 0 Å². The summed E-state index contributed by atoms with van der Waals surface area (Å²) < 4.78 is 34.4. The second-order valence-electron chi connectivity index (χ2n) is 7.86. The van der Waals surface area contributed by atoms with Crippen molar-refractivity contribution in [2.75, 3.05) is 4.31 Å². The molecule has 5 rings (SSSR count). The molecule has 1 aliphatic rings. The first-order valence-electron chi connectivity index (χ1n) is 10.4. The fraction of sp³-hybridized carbons (Fsp3) is 0.261. The Morgan fingerprint density at radius 1 is 1.06 bits per heavy atom. The molecule has 1 fully saturated rings. The maximum Gasteiger partial charge on any atom is 0.396 e. The molecule has 164 valence electrons. The Labute approximate surface area is 188 Å². The minimum Gasteiger partial charge on any atom is -0.414 e. The maximum atomic E-state index is 14.0. The van der Waals surface area contributed by atoms with Gasteiger partial charge in [0.05, 0.1) is 15.9 Å². The molecule has 2 heterocycles. The molecule has 1 saturated carbocycles. The number of rotatable bonds is 4. The number of aromatic nitrogens is 1. The van der Waals surface area contributed by atoms with Crippen LogP contribution in [0.3, 0.4) is 0 Å². The van der Waals surface area contributed by atoms with Gasteiger partial charge in [0.1, 0.15) is 10.5 Å². The van der Waals surface area contributed by atoms with Gasteiger partial charge in [-0.05, 0) is 43.2 Å². The van der Waals surface area contributed by atoms with E-state index in [2.05, 4.69) is 4.98 Å². The Hall–Kier alpha value is -3.04. The first kappa shape index (κ1) is 20.8. The Balaban J connectivity index is 1.70. The van der Waals surface area contributed by atoms with Crippen LogP contribution in [0, 0.1) is 5.92 Å². The van der Waals surface area contributed by atoms with Gasteiger partial charge in [-0.15, -0.1) is 0 Å². The van der Waals surface area contributed by atoms with Crippen molar-refractivity contribution in [1.82, 2.24) is 4.98 Å². The molecule has 0 unspecified atom stereocenters. The van der Waals surface area contributed by atoms with Crippen LogP contribution in [0.2, 0.25) is 0 Å². The summed E-state index contributed by atoms with van der Waals surface area (Å²) in [5.41, 5.74) is 0.863. The lowest BCUT2D eigenvalue weighted by Gasteiger charge is -2.29. The molecule has 9 heteroatoms. The topological polar surface area (TPSA) is 97.5 Å². The van der Waals surface area contributed by atoms with Gasteiger partial charge in [0, 0.05) is 17.5 Å². The highest BCUT2D eigenvalue weighted by Crippen LogP contribution is 2.34. The molecular formula is C23H20N2O5S2. The van der Waals surface area contributed by atoms with Crippen molar-refractivity contribution in [3.05, 3.63) is 64.5 Å². The largest absolute Gasteiger partial charge is 0.414 e. The highest BCUT2D eigenvalue weighted by molar-refractivity contribution is 7.93. The van der Waals surface area contributed by atoms with Crippen LogP contribution >= 0.6 is 11.3 Å². The van der Waals surface area contributed by atoms with E-state index in [0.717, 1.165) is 34.9 Å². The molecule has 0 aliphatic heterocycles. The third kappa shape index (κ3) is 3.61. The number of pyridine rings is 1. The molecule has 0 atom stereocenters. The highest BCUT2D eigenvalue weighted by atomic mass is 32.2. The molecule has 2 aromatic heterocycles. The van der Waals surface area contributed by atoms with Crippen molar-refractivity contribution in [3.8, 4) is 0 Å². The van der Waals surface area contributed by atoms with Crippen molar-refractivity contribution < 1.29 is 17.6 Å². The van der Waals surface area contributed by atoms with E-state index in [4.69, 9.17) is 4.42 Å². The van der Waals surface area contributed by atoms with E-state index in [1.807, 2.05) is 0 Å². The Bertz CT molecular complexity index is 1480. The van der Waals surface area contributed by atoms with Crippen LogP contribution in [0.15, 0.2) is 68.8 Å². The van der Waals surface area contributed by atoms with Crippen LogP contribution in [0.4, 0.5) is 5.69 Å². The molecule has 7 nitrogen and oxygen atoms in total. The molecule has 0 bridgehead atoms. The van der Waals surface area contributed by atoms with Crippen LogP contribution < -0.4 is 9.24 Å². The van der Waals surface area contributed by atoms with E-state index >= 15 is 0 Å². The number of carbonyl (C=O) groups is 1. The number of carbonyl (C=O) groups excluding carboxylic acids is 1. The minimum absolute atomic E-state index is 0.0276. The van der Waals surface area contributed by atoms with Crippen LogP contribution in [0.25, 0.3) is 21.2 Å². The molecule has 0 N–H and O–H groups in total. The van der Waals surface area contributed by atoms with Gasteiger partial charge in [0.2, 0.25) is 5.91 Å². The van der Waals surface area contributed by atoms with E-state index in [1.165, 1.54) is 30.5 Å². The van der Waals surface area contributed by atoms with Crippen molar-refractivity contribution in [3.63, 3.8) is 0 Å². The van der Waals surface area contributed by atoms with Gasteiger partial charge >= 0.3 is 4.94 Å².